The number of carbonyl (C=O) groups excluding carboxylic acids is 1. The van der Waals surface area contributed by atoms with Crippen LogP contribution in [0.5, 0.6) is 11.5 Å². The van der Waals surface area contributed by atoms with Gasteiger partial charge in [-0.1, -0.05) is 0 Å². The minimum Gasteiger partial charge on any atom is -0.489 e. The molecular weight excluding hydrogens is 594 g/mol. The van der Waals surface area contributed by atoms with Gasteiger partial charge in [0.15, 0.2) is 23.1 Å². The van der Waals surface area contributed by atoms with Crippen molar-refractivity contribution in [3.8, 4) is 11.5 Å². The van der Waals surface area contributed by atoms with Gasteiger partial charge in [-0.25, -0.2) is 27.2 Å². The van der Waals surface area contributed by atoms with E-state index < -0.39 is 44.1 Å². The summed E-state index contributed by atoms with van der Waals surface area (Å²) in [6.07, 6.45) is 3.02. The maximum Gasteiger partial charge on any atom is 0.251 e. The number of hydrogen-bond donors (Lipinski definition) is 1. The second-order valence-electron chi connectivity index (χ2n) is 10.3. The van der Waals surface area contributed by atoms with Crippen LogP contribution in [0.3, 0.4) is 0 Å². The van der Waals surface area contributed by atoms with Crippen molar-refractivity contribution < 1.29 is 31.5 Å². The highest BCUT2D eigenvalue weighted by molar-refractivity contribution is 7.92. The second-order valence-corrected chi connectivity index (χ2v) is 12.3. The quantitative estimate of drug-likeness (QED) is 0.318. The number of benzene rings is 1. The summed E-state index contributed by atoms with van der Waals surface area (Å²) in [5.41, 5.74) is -0.466. The summed E-state index contributed by atoms with van der Waals surface area (Å²) in [4.78, 5) is 30.3. The minimum absolute atomic E-state index is 0.0511. The normalized spacial score (nSPS) is 17.1. The number of ether oxygens (including phenoxy) is 2. The molecular formula is C30H30F2N6O5S. The highest BCUT2D eigenvalue weighted by atomic mass is 32.2. The number of nitrogens with zero attached hydrogens (tertiary/aromatic N) is 5. The van der Waals surface area contributed by atoms with E-state index in [1.165, 1.54) is 0 Å². The number of nitrogens with one attached hydrogen (secondary N) is 1. The third-order valence-electron chi connectivity index (χ3n) is 7.60. The van der Waals surface area contributed by atoms with Crippen molar-refractivity contribution in [3.05, 3.63) is 65.9 Å². The number of hydrogen-bond acceptors (Lipinski definition) is 10. The van der Waals surface area contributed by atoms with E-state index in [9.17, 15) is 22.0 Å². The van der Waals surface area contributed by atoms with Gasteiger partial charge in [-0.05, 0) is 44.2 Å². The van der Waals surface area contributed by atoms with Gasteiger partial charge in [0.05, 0.1) is 42.8 Å². The molecule has 0 radical (unpaired) electrons. The van der Waals surface area contributed by atoms with E-state index in [1.54, 1.807) is 12.3 Å². The minimum atomic E-state index is -4.52. The predicted molar refractivity (Wildman–Crippen MR) is 160 cm³/mol. The molecule has 2 aliphatic heterocycles. The lowest BCUT2D eigenvalue weighted by molar-refractivity contribution is 0.0949. The Morgan fingerprint density at radius 3 is 2.70 bits per heavy atom. The molecule has 0 bridgehead atoms. The van der Waals surface area contributed by atoms with Crippen LogP contribution >= 0.6 is 0 Å². The zero-order valence-corrected chi connectivity index (χ0v) is 24.9. The van der Waals surface area contributed by atoms with Gasteiger partial charge >= 0.3 is 0 Å². The molecule has 0 spiro atoms. The Balaban J connectivity index is 1.22. The first-order valence-electron chi connectivity index (χ1n) is 14.2. The maximum atomic E-state index is 14.7. The molecule has 4 aromatic rings. The number of anilines is 3. The standard InChI is InChI=1S/C30H30F2N6O5S/c1-3-37(4-2)21-14-24-29(34-17-21)38(8-10-42-24)27-6-5-18-15-33-20(13-23(18)36-27)16-35-30(39)19-11-22(31)28-25(12-19)44(40,41)26(32)7-9-43-28/h5-6,11-15,17,26H,3-4,7-10,16H2,1-2H3,(H,35,39)/t26-/m1/s1. The number of aromatic nitrogens is 3. The first-order chi connectivity index (χ1) is 21.2. The average molecular weight is 625 g/mol. The van der Waals surface area contributed by atoms with Gasteiger partial charge < -0.3 is 24.6 Å². The Bertz CT molecular complexity index is 1850. The molecule has 0 fully saturated rings. The third kappa shape index (κ3) is 5.45. The van der Waals surface area contributed by atoms with Gasteiger partial charge in [-0.15, -0.1) is 0 Å². The summed E-state index contributed by atoms with van der Waals surface area (Å²) in [6, 6.07) is 9.28. The predicted octanol–water partition coefficient (Wildman–Crippen LogP) is 4.32. The van der Waals surface area contributed by atoms with Gasteiger partial charge in [-0.2, -0.15) is 0 Å². The van der Waals surface area contributed by atoms with Crippen molar-refractivity contribution in [1.82, 2.24) is 20.3 Å². The fourth-order valence-corrected chi connectivity index (χ4v) is 6.63. The molecule has 14 heteroatoms. The molecule has 230 valence electrons. The van der Waals surface area contributed by atoms with Crippen LogP contribution in [-0.2, 0) is 16.4 Å². The van der Waals surface area contributed by atoms with E-state index in [2.05, 4.69) is 34.0 Å². The lowest BCUT2D eigenvalue weighted by Crippen LogP contribution is -2.30. The highest BCUT2D eigenvalue weighted by Gasteiger charge is 2.35. The van der Waals surface area contributed by atoms with Crippen LogP contribution < -0.4 is 24.6 Å². The van der Waals surface area contributed by atoms with Crippen LogP contribution in [0.2, 0.25) is 0 Å². The molecule has 1 N–H and O–H groups in total. The molecule has 11 nitrogen and oxygen atoms in total. The van der Waals surface area contributed by atoms with Gasteiger partial charge in [0, 0.05) is 42.7 Å². The van der Waals surface area contributed by atoms with Gasteiger partial charge in [-0.3, -0.25) is 9.78 Å². The number of fused-ring (bicyclic) bond motifs is 3. The van der Waals surface area contributed by atoms with E-state index in [0.717, 1.165) is 36.3 Å². The second kappa shape index (κ2) is 11.8. The fraction of sp³-hybridized carbons (Fsp3) is 0.333. The number of carbonyl (C=O) groups is 1. The van der Waals surface area contributed by atoms with E-state index in [-0.39, 0.29) is 18.7 Å². The van der Waals surface area contributed by atoms with Crippen molar-refractivity contribution in [1.29, 1.82) is 0 Å². The largest absolute Gasteiger partial charge is 0.489 e. The Morgan fingerprint density at radius 2 is 1.91 bits per heavy atom. The van der Waals surface area contributed by atoms with E-state index in [1.807, 2.05) is 29.3 Å². The van der Waals surface area contributed by atoms with Crippen LogP contribution in [-0.4, -0.2) is 67.6 Å². The van der Waals surface area contributed by atoms with Crippen LogP contribution in [0.1, 0.15) is 36.3 Å². The number of pyridine rings is 3. The molecule has 1 amide bonds. The number of sulfone groups is 1. The lowest BCUT2D eigenvalue weighted by atomic mass is 10.2. The van der Waals surface area contributed by atoms with Crippen LogP contribution in [0.15, 0.2) is 53.7 Å². The lowest BCUT2D eigenvalue weighted by Gasteiger charge is -2.30. The first-order valence-corrected chi connectivity index (χ1v) is 15.8. The van der Waals surface area contributed by atoms with Crippen LogP contribution in [0.25, 0.3) is 10.9 Å². The summed E-state index contributed by atoms with van der Waals surface area (Å²) in [5.74, 6) is -0.389. The SMILES string of the molecule is CCN(CC)c1cnc2c(c1)OCCN2c1ccc2cnc(CNC(=O)c3cc(F)c4c(c3)S(=O)(=O)[C@@H](F)CCO4)cc2n1. The molecule has 6 rings (SSSR count). The van der Waals surface area contributed by atoms with Crippen molar-refractivity contribution in [2.45, 2.75) is 37.2 Å². The highest BCUT2D eigenvalue weighted by Crippen LogP contribution is 2.37. The molecule has 2 aliphatic rings. The van der Waals surface area contributed by atoms with Crippen molar-refractivity contribution >= 4 is 44.0 Å². The summed E-state index contributed by atoms with van der Waals surface area (Å²) in [7, 11) is -4.52. The zero-order valence-electron chi connectivity index (χ0n) is 24.1. The molecule has 3 aromatic heterocycles. The zero-order chi connectivity index (χ0) is 31.0. The Kier molecular flexibility index (Phi) is 7.93. The molecule has 0 aliphatic carbocycles. The fourth-order valence-electron chi connectivity index (χ4n) is 5.24. The molecule has 0 saturated heterocycles. The van der Waals surface area contributed by atoms with Crippen molar-refractivity contribution in [2.24, 2.45) is 0 Å². The Morgan fingerprint density at radius 1 is 1.09 bits per heavy atom. The molecule has 0 saturated carbocycles. The van der Waals surface area contributed by atoms with Crippen LogP contribution in [0.4, 0.5) is 26.1 Å². The summed E-state index contributed by atoms with van der Waals surface area (Å²) in [6.45, 7) is 6.54. The summed E-state index contributed by atoms with van der Waals surface area (Å²) < 4.78 is 65.1. The van der Waals surface area contributed by atoms with Gasteiger partial charge in [0.2, 0.25) is 15.3 Å². The number of halogens is 2. The number of alkyl halides is 1. The molecule has 1 atom stereocenters. The number of rotatable bonds is 7. The summed E-state index contributed by atoms with van der Waals surface area (Å²) in [5, 5.41) is 3.40. The van der Waals surface area contributed by atoms with Gasteiger partial charge in [0.25, 0.3) is 5.91 Å². The average Bonchev–Trinajstić information content (AvgIpc) is 3.14. The molecule has 0 unspecified atom stereocenters. The third-order valence-corrected chi connectivity index (χ3v) is 9.43. The van der Waals surface area contributed by atoms with Gasteiger partial charge in [0.1, 0.15) is 17.3 Å². The molecule has 5 heterocycles. The van der Waals surface area contributed by atoms with E-state index >= 15 is 0 Å². The van der Waals surface area contributed by atoms with E-state index in [4.69, 9.17) is 14.5 Å². The van der Waals surface area contributed by atoms with Crippen LogP contribution in [0, 0.1) is 5.82 Å². The van der Waals surface area contributed by atoms with E-state index in [0.29, 0.717) is 41.7 Å². The monoisotopic (exact) mass is 624 g/mol. The van der Waals surface area contributed by atoms with Crippen molar-refractivity contribution in [2.75, 3.05) is 42.6 Å². The Hall–Kier alpha value is -4.59. The van der Waals surface area contributed by atoms with Crippen molar-refractivity contribution in [3.63, 3.8) is 0 Å². The molecule has 1 aromatic carbocycles. The first kappa shape index (κ1) is 29.5. The molecule has 44 heavy (non-hydrogen) atoms. The summed E-state index contributed by atoms with van der Waals surface area (Å²) >= 11 is 0. The smallest absolute Gasteiger partial charge is 0.251 e. The number of amides is 1. The topological polar surface area (TPSA) is 127 Å². The Labute approximate surface area is 252 Å². The maximum absolute atomic E-state index is 14.7.